The molecule has 0 saturated carbocycles. The van der Waals surface area contributed by atoms with Crippen LogP contribution in [0.15, 0.2) is 22.7 Å². The van der Waals surface area contributed by atoms with E-state index in [2.05, 4.69) is 28.2 Å². The lowest BCUT2D eigenvalue weighted by atomic mass is 10.2. The van der Waals surface area contributed by atoms with Crippen molar-refractivity contribution < 1.29 is 4.74 Å². The molecular weight excluding hydrogens is 302 g/mol. The predicted octanol–water partition coefficient (Wildman–Crippen LogP) is 4.01. The van der Waals surface area contributed by atoms with Gasteiger partial charge in [-0.05, 0) is 30.2 Å². The van der Waals surface area contributed by atoms with E-state index < -0.39 is 0 Å². The maximum Gasteiger partial charge on any atom is 0.0591 e. The molecule has 1 aromatic rings. The van der Waals surface area contributed by atoms with Gasteiger partial charge in [-0.3, -0.25) is 0 Å². The molecule has 0 atom stereocenters. The van der Waals surface area contributed by atoms with Gasteiger partial charge in [0.15, 0.2) is 0 Å². The van der Waals surface area contributed by atoms with Crippen molar-refractivity contribution in [2.24, 2.45) is 0 Å². The summed E-state index contributed by atoms with van der Waals surface area (Å²) in [6, 6.07) is 5.88. The first-order valence-corrected chi connectivity index (χ1v) is 7.13. The van der Waals surface area contributed by atoms with Crippen LogP contribution in [-0.2, 0) is 11.3 Å². The molecule has 0 aliphatic carbocycles. The number of hydrogen-bond donors (Lipinski definition) is 1. The van der Waals surface area contributed by atoms with Crippen LogP contribution < -0.4 is 5.32 Å². The van der Waals surface area contributed by atoms with Crippen molar-refractivity contribution in [3.05, 3.63) is 33.3 Å². The number of ether oxygens (including phenoxy) is 1. The number of rotatable bonds is 8. The summed E-state index contributed by atoms with van der Waals surface area (Å²) in [5.41, 5.74) is 1.11. The molecule has 1 aromatic carbocycles. The fraction of sp³-hybridized carbons (Fsp3) is 0.538. The minimum absolute atomic E-state index is 0.756. The molecule has 1 N–H and O–H groups in total. The highest BCUT2D eigenvalue weighted by Crippen LogP contribution is 2.20. The van der Waals surface area contributed by atoms with Crippen LogP contribution in [0, 0.1) is 0 Å². The van der Waals surface area contributed by atoms with Crippen molar-refractivity contribution >= 4 is 27.5 Å². The Hall–Kier alpha value is -0.0900. The highest BCUT2D eigenvalue weighted by molar-refractivity contribution is 9.10. The SMILES string of the molecule is CCCCOCCNCc1cc(Br)ccc1Cl. The molecule has 0 spiro atoms. The van der Waals surface area contributed by atoms with E-state index in [0.29, 0.717) is 0 Å². The Kier molecular flexibility index (Phi) is 7.86. The summed E-state index contributed by atoms with van der Waals surface area (Å²) in [5.74, 6) is 0. The van der Waals surface area contributed by atoms with Gasteiger partial charge in [0.2, 0.25) is 0 Å². The Morgan fingerprint density at radius 1 is 1.35 bits per heavy atom. The third kappa shape index (κ3) is 6.41. The van der Waals surface area contributed by atoms with E-state index in [9.17, 15) is 0 Å². The first-order chi connectivity index (χ1) is 8.24. The normalized spacial score (nSPS) is 10.8. The van der Waals surface area contributed by atoms with Crippen molar-refractivity contribution in [1.82, 2.24) is 5.32 Å². The van der Waals surface area contributed by atoms with Gasteiger partial charge in [-0.1, -0.05) is 40.9 Å². The van der Waals surface area contributed by atoms with E-state index in [1.54, 1.807) is 0 Å². The van der Waals surface area contributed by atoms with Gasteiger partial charge in [-0.2, -0.15) is 0 Å². The first-order valence-electron chi connectivity index (χ1n) is 5.96. The zero-order valence-electron chi connectivity index (χ0n) is 10.1. The maximum absolute atomic E-state index is 6.09. The van der Waals surface area contributed by atoms with Crippen molar-refractivity contribution in [3.8, 4) is 0 Å². The lowest BCUT2D eigenvalue weighted by Gasteiger charge is -2.07. The fourth-order valence-electron chi connectivity index (χ4n) is 1.39. The van der Waals surface area contributed by atoms with Gasteiger partial charge in [0.25, 0.3) is 0 Å². The summed E-state index contributed by atoms with van der Waals surface area (Å²) in [6.07, 6.45) is 2.32. The van der Waals surface area contributed by atoms with E-state index in [1.807, 2.05) is 18.2 Å². The number of benzene rings is 1. The van der Waals surface area contributed by atoms with Crippen LogP contribution in [0.5, 0.6) is 0 Å². The van der Waals surface area contributed by atoms with Crippen molar-refractivity contribution in [2.75, 3.05) is 19.8 Å². The quantitative estimate of drug-likeness (QED) is 0.731. The molecule has 0 unspecified atom stereocenters. The number of halogens is 2. The molecule has 1 rings (SSSR count). The zero-order chi connectivity index (χ0) is 12.5. The Morgan fingerprint density at radius 2 is 2.18 bits per heavy atom. The van der Waals surface area contributed by atoms with Gasteiger partial charge >= 0.3 is 0 Å². The molecule has 0 heterocycles. The summed E-state index contributed by atoms with van der Waals surface area (Å²) in [4.78, 5) is 0. The molecule has 96 valence electrons. The standard InChI is InChI=1S/C13H19BrClNO/c1-2-3-7-17-8-6-16-10-11-9-12(14)4-5-13(11)15/h4-5,9,16H,2-3,6-8,10H2,1H3. The van der Waals surface area contributed by atoms with Gasteiger partial charge < -0.3 is 10.1 Å². The van der Waals surface area contributed by atoms with E-state index in [-0.39, 0.29) is 0 Å². The van der Waals surface area contributed by atoms with Crippen LogP contribution in [-0.4, -0.2) is 19.8 Å². The highest BCUT2D eigenvalue weighted by atomic mass is 79.9. The molecule has 0 amide bonds. The number of unbranched alkanes of at least 4 members (excludes halogenated alkanes) is 1. The maximum atomic E-state index is 6.09. The Morgan fingerprint density at radius 3 is 2.94 bits per heavy atom. The molecule has 0 radical (unpaired) electrons. The molecule has 2 nitrogen and oxygen atoms in total. The van der Waals surface area contributed by atoms with Gasteiger partial charge in [0.1, 0.15) is 0 Å². The summed E-state index contributed by atoms with van der Waals surface area (Å²) in [6.45, 7) is 5.40. The van der Waals surface area contributed by atoms with E-state index in [4.69, 9.17) is 16.3 Å². The molecule has 0 aromatic heterocycles. The van der Waals surface area contributed by atoms with Crippen molar-refractivity contribution in [1.29, 1.82) is 0 Å². The predicted molar refractivity (Wildman–Crippen MR) is 76.6 cm³/mol. The van der Waals surface area contributed by atoms with E-state index >= 15 is 0 Å². The Bertz CT molecular complexity index is 333. The van der Waals surface area contributed by atoms with Crippen LogP contribution in [0.4, 0.5) is 0 Å². The van der Waals surface area contributed by atoms with Gasteiger partial charge in [-0.15, -0.1) is 0 Å². The van der Waals surface area contributed by atoms with Gasteiger partial charge in [-0.25, -0.2) is 0 Å². The Labute approximate surface area is 117 Å². The summed E-state index contributed by atoms with van der Waals surface area (Å²) in [7, 11) is 0. The molecule has 0 bridgehead atoms. The molecule has 0 aliphatic rings. The van der Waals surface area contributed by atoms with Crippen LogP contribution in [0.3, 0.4) is 0 Å². The van der Waals surface area contributed by atoms with Crippen molar-refractivity contribution in [3.63, 3.8) is 0 Å². The van der Waals surface area contributed by atoms with Crippen LogP contribution >= 0.6 is 27.5 Å². The van der Waals surface area contributed by atoms with Crippen LogP contribution in [0.1, 0.15) is 25.3 Å². The van der Waals surface area contributed by atoms with Gasteiger partial charge in [0.05, 0.1) is 6.61 Å². The fourth-order valence-corrected chi connectivity index (χ4v) is 1.99. The third-order valence-corrected chi connectivity index (χ3v) is 3.25. The zero-order valence-corrected chi connectivity index (χ0v) is 12.5. The summed E-state index contributed by atoms with van der Waals surface area (Å²) >= 11 is 9.52. The van der Waals surface area contributed by atoms with E-state index in [0.717, 1.165) is 47.8 Å². The average Bonchev–Trinajstić information content (AvgIpc) is 2.32. The minimum atomic E-state index is 0.756. The molecule has 0 aliphatic heterocycles. The third-order valence-electron chi connectivity index (χ3n) is 2.39. The number of nitrogens with one attached hydrogen (secondary N) is 1. The second-order valence-electron chi connectivity index (χ2n) is 3.88. The van der Waals surface area contributed by atoms with Crippen LogP contribution in [0.2, 0.25) is 5.02 Å². The molecular formula is C13H19BrClNO. The lowest BCUT2D eigenvalue weighted by Crippen LogP contribution is -2.19. The van der Waals surface area contributed by atoms with Crippen LogP contribution in [0.25, 0.3) is 0 Å². The smallest absolute Gasteiger partial charge is 0.0591 e. The molecule has 17 heavy (non-hydrogen) atoms. The lowest BCUT2D eigenvalue weighted by molar-refractivity contribution is 0.133. The second-order valence-corrected chi connectivity index (χ2v) is 5.20. The molecule has 4 heteroatoms. The first kappa shape index (κ1) is 15.0. The minimum Gasteiger partial charge on any atom is -0.380 e. The molecule has 0 fully saturated rings. The largest absolute Gasteiger partial charge is 0.380 e. The number of hydrogen-bond acceptors (Lipinski definition) is 2. The monoisotopic (exact) mass is 319 g/mol. The van der Waals surface area contributed by atoms with Gasteiger partial charge in [0, 0.05) is 29.2 Å². The van der Waals surface area contributed by atoms with E-state index in [1.165, 1.54) is 6.42 Å². The Balaban J connectivity index is 2.15. The second kappa shape index (κ2) is 8.92. The summed E-state index contributed by atoms with van der Waals surface area (Å²) < 4.78 is 6.51. The summed E-state index contributed by atoms with van der Waals surface area (Å²) in [5, 5.41) is 4.12. The van der Waals surface area contributed by atoms with Crippen molar-refractivity contribution in [2.45, 2.75) is 26.3 Å². The average molecular weight is 321 g/mol. The molecule has 0 saturated heterocycles. The topological polar surface area (TPSA) is 21.3 Å². The highest BCUT2D eigenvalue weighted by Gasteiger charge is 2.00.